The van der Waals surface area contributed by atoms with Crippen LogP contribution < -0.4 is 5.32 Å². The van der Waals surface area contributed by atoms with Gasteiger partial charge in [0.1, 0.15) is 0 Å². The number of amides is 1. The lowest BCUT2D eigenvalue weighted by molar-refractivity contribution is -0.131. The molecule has 0 spiro atoms. The summed E-state index contributed by atoms with van der Waals surface area (Å²) < 4.78 is 0. The van der Waals surface area contributed by atoms with Gasteiger partial charge in [-0.05, 0) is 38.8 Å². The summed E-state index contributed by atoms with van der Waals surface area (Å²) in [4.78, 5) is 16.7. The van der Waals surface area contributed by atoms with Gasteiger partial charge in [-0.15, -0.1) is 0 Å². The first-order valence-corrected chi connectivity index (χ1v) is 7.94. The zero-order chi connectivity index (χ0) is 13.8. The van der Waals surface area contributed by atoms with E-state index in [0.717, 1.165) is 19.6 Å². The number of likely N-dealkylation sites (N-methyl/N-ethyl adjacent to an activating group) is 1. The van der Waals surface area contributed by atoms with Gasteiger partial charge < -0.3 is 9.80 Å². The van der Waals surface area contributed by atoms with Crippen molar-refractivity contribution in [3.8, 4) is 0 Å². The number of carbonyl (C=O) groups is 1. The predicted octanol–water partition coefficient (Wildman–Crippen LogP) is 1.66. The molecule has 0 aromatic rings. The van der Waals surface area contributed by atoms with E-state index in [-0.39, 0.29) is 5.91 Å². The molecule has 2 atom stereocenters. The maximum Gasteiger partial charge on any atom is 0.238 e. The number of nitrogens with one attached hydrogen (secondary N) is 1. The van der Waals surface area contributed by atoms with Gasteiger partial charge in [0.15, 0.2) is 0 Å². The van der Waals surface area contributed by atoms with Crippen molar-refractivity contribution < 1.29 is 4.79 Å². The third kappa shape index (κ3) is 3.29. The zero-order valence-corrected chi connectivity index (χ0v) is 12.7. The molecule has 4 heteroatoms. The van der Waals surface area contributed by atoms with Gasteiger partial charge in [-0.1, -0.05) is 26.7 Å². The van der Waals surface area contributed by atoms with Crippen LogP contribution in [-0.4, -0.2) is 54.1 Å². The van der Waals surface area contributed by atoms with E-state index in [1.54, 1.807) is 0 Å². The van der Waals surface area contributed by atoms with Crippen molar-refractivity contribution >= 4 is 5.91 Å². The largest absolute Gasteiger partial charge is 0.322 e. The summed E-state index contributed by atoms with van der Waals surface area (Å²) >= 11 is 0. The highest BCUT2D eigenvalue weighted by molar-refractivity contribution is 5.81. The van der Waals surface area contributed by atoms with Crippen LogP contribution in [0.3, 0.4) is 0 Å². The standard InChI is InChI=1S/C15H29N3O/c1-4-17(5-2)11-12(3)18-14(19)10-16-15(18)13-8-6-7-9-13/h12-13,15-16H,4-11H2,1-3H3. The molecule has 1 heterocycles. The Labute approximate surface area is 117 Å². The summed E-state index contributed by atoms with van der Waals surface area (Å²) in [5.41, 5.74) is 0. The monoisotopic (exact) mass is 267 g/mol. The Morgan fingerprint density at radius 2 is 1.95 bits per heavy atom. The molecular formula is C15H29N3O. The number of hydrogen-bond acceptors (Lipinski definition) is 3. The average Bonchev–Trinajstić information content (AvgIpc) is 3.04. The Kier molecular flexibility index (Phi) is 5.22. The second-order valence-electron chi connectivity index (χ2n) is 6.01. The van der Waals surface area contributed by atoms with Crippen LogP contribution in [0.5, 0.6) is 0 Å². The average molecular weight is 267 g/mol. The Balaban J connectivity index is 1.99. The van der Waals surface area contributed by atoms with Gasteiger partial charge in [-0.2, -0.15) is 0 Å². The first-order valence-electron chi connectivity index (χ1n) is 7.94. The van der Waals surface area contributed by atoms with Crippen molar-refractivity contribution in [3.05, 3.63) is 0 Å². The van der Waals surface area contributed by atoms with Crippen molar-refractivity contribution in [2.24, 2.45) is 5.92 Å². The number of carbonyl (C=O) groups excluding carboxylic acids is 1. The molecule has 0 bridgehead atoms. The lowest BCUT2D eigenvalue weighted by Crippen LogP contribution is -2.50. The smallest absolute Gasteiger partial charge is 0.238 e. The van der Waals surface area contributed by atoms with Crippen LogP contribution in [0.15, 0.2) is 0 Å². The quantitative estimate of drug-likeness (QED) is 0.795. The molecule has 2 aliphatic rings. The highest BCUT2D eigenvalue weighted by Crippen LogP contribution is 2.31. The maximum absolute atomic E-state index is 12.2. The molecule has 1 saturated carbocycles. The molecule has 0 aromatic heterocycles. The topological polar surface area (TPSA) is 35.6 Å². The van der Waals surface area contributed by atoms with E-state index in [9.17, 15) is 4.79 Å². The Bertz CT molecular complexity index is 298. The summed E-state index contributed by atoms with van der Waals surface area (Å²) in [6.07, 6.45) is 5.50. The fraction of sp³-hybridized carbons (Fsp3) is 0.933. The molecule has 4 nitrogen and oxygen atoms in total. The first kappa shape index (κ1) is 14.8. The molecule has 1 aliphatic heterocycles. The van der Waals surface area contributed by atoms with Gasteiger partial charge in [0.05, 0.1) is 12.7 Å². The highest BCUT2D eigenvalue weighted by Gasteiger charge is 2.39. The van der Waals surface area contributed by atoms with E-state index in [2.05, 4.69) is 35.9 Å². The lowest BCUT2D eigenvalue weighted by Gasteiger charge is -2.36. The van der Waals surface area contributed by atoms with Crippen LogP contribution in [-0.2, 0) is 4.79 Å². The van der Waals surface area contributed by atoms with Gasteiger partial charge in [-0.25, -0.2) is 0 Å². The minimum atomic E-state index is 0.288. The molecule has 0 aromatic carbocycles. The van der Waals surface area contributed by atoms with Crippen molar-refractivity contribution in [3.63, 3.8) is 0 Å². The first-order chi connectivity index (χ1) is 9.17. The molecule has 2 rings (SSSR count). The maximum atomic E-state index is 12.2. The van der Waals surface area contributed by atoms with Crippen LogP contribution in [0, 0.1) is 5.92 Å². The van der Waals surface area contributed by atoms with E-state index in [0.29, 0.717) is 24.7 Å². The molecule has 1 aliphatic carbocycles. The van der Waals surface area contributed by atoms with Crippen LogP contribution in [0.25, 0.3) is 0 Å². The van der Waals surface area contributed by atoms with Gasteiger partial charge in [0, 0.05) is 12.6 Å². The van der Waals surface area contributed by atoms with Gasteiger partial charge in [0.25, 0.3) is 0 Å². The van der Waals surface area contributed by atoms with Crippen molar-refractivity contribution in [2.75, 3.05) is 26.2 Å². The van der Waals surface area contributed by atoms with E-state index in [1.807, 2.05) is 0 Å². The van der Waals surface area contributed by atoms with Gasteiger partial charge >= 0.3 is 0 Å². The van der Waals surface area contributed by atoms with Crippen LogP contribution in [0.2, 0.25) is 0 Å². The van der Waals surface area contributed by atoms with Crippen molar-refractivity contribution in [1.29, 1.82) is 0 Å². The predicted molar refractivity (Wildman–Crippen MR) is 77.8 cm³/mol. The SMILES string of the molecule is CCN(CC)CC(C)N1C(=O)CNC1C1CCCC1. The third-order valence-electron chi connectivity index (χ3n) is 4.79. The number of nitrogens with zero attached hydrogens (tertiary/aromatic N) is 2. The van der Waals surface area contributed by atoms with Crippen molar-refractivity contribution in [1.82, 2.24) is 15.1 Å². The fourth-order valence-electron chi connectivity index (χ4n) is 3.67. The van der Waals surface area contributed by atoms with E-state index >= 15 is 0 Å². The Morgan fingerprint density at radius 1 is 1.32 bits per heavy atom. The minimum absolute atomic E-state index is 0.288. The molecular weight excluding hydrogens is 238 g/mol. The van der Waals surface area contributed by atoms with Crippen molar-refractivity contribution in [2.45, 2.75) is 58.7 Å². The molecule has 2 unspecified atom stereocenters. The summed E-state index contributed by atoms with van der Waals surface area (Å²) in [7, 11) is 0. The number of rotatable bonds is 6. The summed E-state index contributed by atoms with van der Waals surface area (Å²) in [6, 6.07) is 0.313. The molecule has 19 heavy (non-hydrogen) atoms. The van der Waals surface area contributed by atoms with Gasteiger partial charge in [0.2, 0.25) is 5.91 Å². The second-order valence-corrected chi connectivity index (χ2v) is 6.01. The highest BCUT2D eigenvalue weighted by atomic mass is 16.2. The summed E-state index contributed by atoms with van der Waals surface area (Å²) in [5.74, 6) is 0.960. The molecule has 0 radical (unpaired) electrons. The third-order valence-corrected chi connectivity index (χ3v) is 4.79. The summed E-state index contributed by atoms with van der Waals surface area (Å²) in [5, 5.41) is 3.45. The molecule has 110 valence electrons. The number of hydrogen-bond donors (Lipinski definition) is 1. The lowest BCUT2D eigenvalue weighted by atomic mass is 10.0. The summed E-state index contributed by atoms with van der Waals surface area (Å²) in [6.45, 7) is 10.2. The Morgan fingerprint density at radius 3 is 2.53 bits per heavy atom. The van der Waals surface area contributed by atoms with Gasteiger partial charge in [-0.3, -0.25) is 10.1 Å². The molecule has 1 amide bonds. The molecule has 1 saturated heterocycles. The Hall–Kier alpha value is -0.610. The molecule has 2 fully saturated rings. The van der Waals surface area contributed by atoms with E-state index in [1.165, 1.54) is 25.7 Å². The van der Waals surface area contributed by atoms with Crippen LogP contribution >= 0.6 is 0 Å². The van der Waals surface area contributed by atoms with E-state index in [4.69, 9.17) is 0 Å². The zero-order valence-electron chi connectivity index (χ0n) is 12.7. The fourth-order valence-corrected chi connectivity index (χ4v) is 3.67. The molecule has 1 N–H and O–H groups in total. The van der Waals surface area contributed by atoms with Crippen LogP contribution in [0.4, 0.5) is 0 Å². The second kappa shape index (κ2) is 6.71. The van der Waals surface area contributed by atoms with Crippen LogP contribution in [0.1, 0.15) is 46.5 Å². The van der Waals surface area contributed by atoms with E-state index < -0.39 is 0 Å². The minimum Gasteiger partial charge on any atom is -0.322 e. The normalized spacial score (nSPS) is 26.6.